The Balaban J connectivity index is 1.40. The summed E-state index contributed by atoms with van der Waals surface area (Å²) in [5, 5.41) is 8.56. The van der Waals surface area contributed by atoms with Gasteiger partial charge in [0.1, 0.15) is 22.6 Å². The summed E-state index contributed by atoms with van der Waals surface area (Å²) in [5.41, 5.74) is 2.78. The number of carbonyl (C=O) groups excluding carboxylic acids is 1. The van der Waals surface area contributed by atoms with Crippen LogP contribution in [-0.4, -0.2) is 47.5 Å². The fraction of sp³-hybridized carbons (Fsp3) is 0.143. The molecule has 32 heavy (non-hydrogen) atoms. The van der Waals surface area contributed by atoms with E-state index in [4.69, 9.17) is 4.42 Å². The number of aromatic nitrogens is 6. The SMILES string of the molecule is O=C(c1nnc(-c2ccccn2)o1)N1CCc2[nH]cnc2[C@H]1c1nc2ccc(F)cc2s1. The van der Waals surface area contributed by atoms with Crippen LogP contribution in [0.15, 0.2) is 53.3 Å². The van der Waals surface area contributed by atoms with Gasteiger partial charge in [-0.3, -0.25) is 9.78 Å². The number of halogens is 1. The lowest BCUT2D eigenvalue weighted by Crippen LogP contribution is -2.41. The molecule has 11 heteroatoms. The number of H-pyrrole nitrogens is 1. The van der Waals surface area contributed by atoms with E-state index in [1.165, 1.54) is 23.5 Å². The highest BCUT2D eigenvalue weighted by Gasteiger charge is 2.38. The van der Waals surface area contributed by atoms with Gasteiger partial charge >= 0.3 is 11.8 Å². The molecule has 5 aromatic rings. The predicted octanol–water partition coefficient (Wildman–Crippen LogP) is 3.39. The predicted molar refractivity (Wildman–Crippen MR) is 112 cm³/mol. The van der Waals surface area contributed by atoms with E-state index in [0.29, 0.717) is 39.6 Å². The summed E-state index contributed by atoms with van der Waals surface area (Å²) in [6.07, 6.45) is 3.81. The van der Waals surface area contributed by atoms with Crippen LogP contribution in [0.5, 0.6) is 0 Å². The average molecular weight is 447 g/mol. The van der Waals surface area contributed by atoms with E-state index in [1.807, 2.05) is 0 Å². The lowest BCUT2D eigenvalue weighted by atomic mass is 10.0. The summed E-state index contributed by atoms with van der Waals surface area (Å²) in [4.78, 5) is 31.5. The minimum Gasteiger partial charge on any atom is -0.411 e. The smallest absolute Gasteiger partial charge is 0.312 e. The van der Waals surface area contributed by atoms with Crippen molar-refractivity contribution < 1.29 is 13.6 Å². The molecule has 0 bridgehead atoms. The van der Waals surface area contributed by atoms with E-state index in [0.717, 1.165) is 5.69 Å². The molecule has 0 saturated heterocycles. The monoisotopic (exact) mass is 447 g/mol. The van der Waals surface area contributed by atoms with Gasteiger partial charge in [0.25, 0.3) is 5.89 Å². The van der Waals surface area contributed by atoms with E-state index in [9.17, 15) is 9.18 Å². The molecule has 0 saturated carbocycles. The third-order valence-corrected chi connectivity index (χ3v) is 6.35. The van der Waals surface area contributed by atoms with Crippen molar-refractivity contribution in [1.29, 1.82) is 0 Å². The van der Waals surface area contributed by atoms with Crippen LogP contribution in [0.2, 0.25) is 0 Å². The van der Waals surface area contributed by atoms with Gasteiger partial charge in [0.2, 0.25) is 0 Å². The highest BCUT2D eigenvalue weighted by Crippen LogP contribution is 2.38. The summed E-state index contributed by atoms with van der Waals surface area (Å²) in [5.74, 6) is -0.735. The largest absolute Gasteiger partial charge is 0.411 e. The topological polar surface area (TPSA) is 114 Å². The first-order valence-electron chi connectivity index (χ1n) is 9.81. The third-order valence-electron chi connectivity index (χ3n) is 5.28. The maximum Gasteiger partial charge on any atom is 0.312 e. The number of amides is 1. The van der Waals surface area contributed by atoms with Crippen molar-refractivity contribution in [3.8, 4) is 11.6 Å². The Morgan fingerprint density at radius 3 is 3.03 bits per heavy atom. The zero-order valence-electron chi connectivity index (χ0n) is 16.4. The summed E-state index contributed by atoms with van der Waals surface area (Å²) in [6.45, 7) is 0.407. The van der Waals surface area contributed by atoms with Crippen LogP contribution >= 0.6 is 11.3 Å². The molecule has 1 aliphatic rings. The van der Waals surface area contributed by atoms with Gasteiger partial charge in [-0.25, -0.2) is 14.4 Å². The van der Waals surface area contributed by atoms with Crippen LogP contribution in [-0.2, 0) is 6.42 Å². The fourth-order valence-corrected chi connectivity index (χ4v) is 4.91. The molecule has 4 aromatic heterocycles. The molecule has 0 spiro atoms. The summed E-state index contributed by atoms with van der Waals surface area (Å²) in [6, 6.07) is 9.17. The van der Waals surface area contributed by atoms with E-state index in [2.05, 4.69) is 30.1 Å². The van der Waals surface area contributed by atoms with Crippen LogP contribution in [0.1, 0.15) is 33.1 Å². The maximum atomic E-state index is 13.7. The summed E-state index contributed by atoms with van der Waals surface area (Å²) in [7, 11) is 0. The number of imidazole rings is 1. The van der Waals surface area contributed by atoms with Gasteiger partial charge in [0.15, 0.2) is 0 Å². The molecule has 1 N–H and O–H groups in total. The fourth-order valence-electron chi connectivity index (χ4n) is 3.80. The molecule has 0 aliphatic carbocycles. The van der Waals surface area contributed by atoms with E-state index >= 15 is 0 Å². The molecule has 1 aliphatic heterocycles. The molecule has 6 rings (SSSR count). The Morgan fingerprint density at radius 2 is 2.16 bits per heavy atom. The first kappa shape index (κ1) is 18.8. The Hall–Kier alpha value is -3.99. The van der Waals surface area contributed by atoms with Crippen molar-refractivity contribution in [1.82, 2.24) is 35.0 Å². The number of thiazole rings is 1. The number of nitrogens with one attached hydrogen (secondary N) is 1. The molecule has 0 unspecified atom stereocenters. The van der Waals surface area contributed by atoms with Crippen molar-refractivity contribution in [2.75, 3.05) is 6.54 Å². The number of nitrogens with zero attached hydrogens (tertiary/aromatic N) is 6. The van der Waals surface area contributed by atoms with Crippen molar-refractivity contribution in [2.24, 2.45) is 0 Å². The molecule has 1 amide bonds. The molecule has 9 nitrogen and oxygen atoms in total. The van der Waals surface area contributed by atoms with E-state index in [-0.39, 0.29) is 17.6 Å². The average Bonchev–Trinajstić information content (AvgIpc) is 3.57. The third kappa shape index (κ3) is 3.05. The normalized spacial score (nSPS) is 15.8. The van der Waals surface area contributed by atoms with Gasteiger partial charge in [0, 0.05) is 24.9 Å². The van der Waals surface area contributed by atoms with Crippen LogP contribution in [0.4, 0.5) is 4.39 Å². The zero-order chi connectivity index (χ0) is 21.7. The molecule has 0 radical (unpaired) electrons. The van der Waals surface area contributed by atoms with Gasteiger partial charge < -0.3 is 14.3 Å². The number of carbonyl (C=O) groups is 1. The van der Waals surface area contributed by atoms with Crippen molar-refractivity contribution in [3.63, 3.8) is 0 Å². The lowest BCUT2D eigenvalue weighted by Gasteiger charge is -2.32. The Morgan fingerprint density at radius 1 is 1.22 bits per heavy atom. The van der Waals surface area contributed by atoms with E-state index in [1.54, 1.807) is 41.7 Å². The van der Waals surface area contributed by atoms with E-state index < -0.39 is 11.9 Å². The van der Waals surface area contributed by atoms with Crippen LogP contribution in [0.3, 0.4) is 0 Å². The molecule has 0 fully saturated rings. The first-order chi connectivity index (χ1) is 15.7. The van der Waals surface area contributed by atoms with Gasteiger partial charge in [-0.15, -0.1) is 21.5 Å². The lowest BCUT2D eigenvalue weighted by molar-refractivity contribution is 0.0650. The van der Waals surface area contributed by atoms with Crippen LogP contribution < -0.4 is 0 Å². The summed E-state index contributed by atoms with van der Waals surface area (Å²) >= 11 is 1.33. The highest BCUT2D eigenvalue weighted by atomic mass is 32.1. The zero-order valence-corrected chi connectivity index (χ0v) is 17.2. The molecule has 5 heterocycles. The first-order valence-corrected chi connectivity index (χ1v) is 10.6. The van der Waals surface area contributed by atoms with Crippen molar-refractivity contribution in [2.45, 2.75) is 12.5 Å². The van der Waals surface area contributed by atoms with Crippen molar-refractivity contribution in [3.05, 3.63) is 77.0 Å². The highest BCUT2D eigenvalue weighted by molar-refractivity contribution is 7.18. The Bertz CT molecular complexity index is 1440. The minimum absolute atomic E-state index is 0.137. The number of hydrogen-bond acceptors (Lipinski definition) is 8. The summed E-state index contributed by atoms with van der Waals surface area (Å²) < 4.78 is 20.1. The second-order valence-corrected chi connectivity index (χ2v) is 8.27. The molecule has 1 aromatic carbocycles. The number of hydrogen-bond donors (Lipinski definition) is 1. The number of pyridine rings is 1. The Kier molecular flexibility index (Phi) is 4.28. The van der Waals surface area contributed by atoms with Crippen LogP contribution in [0, 0.1) is 5.82 Å². The second kappa shape index (κ2) is 7.31. The minimum atomic E-state index is -0.553. The van der Waals surface area contributed by atoms with Gasteiger partial charge in [-0.05, 0) is 30.3 Å². The van der Waals surface area contributed by atoms with Crippen LogP contribution in [0.25, 0.3) is 21.8 Å². The van der Waals surface area contributed by atoms with Gasteiger partial charge in [-0.1, -0.05) is 6.07 Å². The standard InChI is InChI=1S/C21H14FN7O2S/c22-11-4-5-12-15(9-11)32-20(26-12)17-16-13(24-10-25-16)6-8-29(17)21(30)19-28-27-18(31-19)14-3-1-2-7-23-14/h1-5,7,9-10,17H,6,8H2,(H,24,25)/t17-/m0/s1. The molecule has 158 valence electrons. The molecule has 1 atom stereocenters. The van der Waals surface area contributed by atoms with Gasteiger partial charge in [0.05, 0.1) is 22.2 Å². The number of rotatable bonds is 3. The molecular weight excluding hydrogens is 433 g/mol. The maximum absolute atomic E-state index is 13.7. The number of benzene rings is 1. The van der Waals surface area contributed by atoms with Gasteiger partial charge in [-0.2, -0.15) is 0 Å². The number of aromatic amines is 1. The second-order valence-electron chi connectivity index (χ2n) is 7.21. The van der Waals surface area contributed by atoms with Crippen molar-refractivity contribution >= 4 is 27.5 Å². The Labute approximate surface area is 184 Å². The molecular formula is C21H14FN7O2S. The quantitative estimate of drug-likeness (QED) is 0.451. The number of fused-ring (bicyclic) bond motifs is 2.